The summed E-state index contributed by atoms with van der Waals surface area (Å²) in [5, 5.41) is 10.4. The summed E-state index contributed by atoms with van der Waals surface area (Å²) in [6.07, 6.45) is -0.939. The Morgan fingerprint density at radius 3 is 1.09 bits per heavy atom. The molecule has 46 heavy (non-hydrogen) atoms. The van der Waals surface area contributed by atoms with E-state index in [0.717, 1.165) is 21.6 Å². The average molecular weight is 695 g/mol. The summed E-state index contributed by atoms with van der Waals surface area (Å²) >= 11 is 0. The number of carbonyl (C=O) groups excluding carboxylic acids is 6. The second-order valence-corrected chi connectivity index (χ2v) is 15.9. The highest BCUT2D eigenvalue weighted by Gasteiger charge is 2.32. The molecule has 266 valence electrons. The zero-order valence-electron chi connectivity index (χ0n) is 29.2. The first kappa shape index (κ1) is 43.1. The van der Waals surface area contributed by atoms with E-state index in [0.29, 0.717) is 12.8 Å². The number of carbonyl (C=O) groups is 6. The van der Waals surface area contributed by atoms with Crippen LogP contribution in [-0.4, -0.2) is 97.0 Å². The number of rotatable bonds is 17. The van der Waals surface area contributed by atoms with Gasteiger partial charge in [-0.15, -0.1) is 0 Å². The molecule has 0 aromatic heterocycles. The summed E-state index contributed by atoms with van der Waals surface area (Å²) in [6.45, 7) is 17.8. The number of ether oxygens (including phenoxy) is 4. The minimum Gasteiger partial charge on any atom is -0.467 e. The van der Waals surface area contributed by atoms with Crippen LogP contribution >= 0.6 is 21.6 Å². The molecule has 0 bridgehead atoms. The van der Waals surface area contributed by atoms with Crippen molar-refractivity contribution in [3.8, 4) is 0 Å². The molecular weight excluding hydrogens is 640 g/mol. The monoisotopic (exact) mass is 694 g/mol. The molecule has 0 unspecified atom stereocenters. The van der Waals surface area contributed by atoms with E-state index in [1.165, 1.54) is 14.2 Å². The van der Waals surface area contributed by atoms with Crippen LogP contribution in [0.4, 0.5) is 9.59 Å². The molecule has 0 rings (SSSR count). The van der Waals surface area contributed by atoms with Crippen LogP contribution in [0, 0.1) is 11.8 Å². The number of hydrogen-bond acceptors (Lipinski definition) is 12. The lowest BCUT2D eigenvalue weighted by Gasteiger charge is -2.26. The van der Waals surface area contributed by atoms with Crippen LogP contribution in [0.25, 0.3) is 0 Å². The number of nitrogens with one attached hydrogen (secondary N) is 4. The zero-order valence-corrected chi connectivity index (χ0v) is 30.8. The highest BCUT2D eigenvalue weighted by atomic mass is 33.1. The summed E-state index contributed by atoms with van der Waals surface area (Å²) in [7, 11) is 4.68. The fourth-order valence-corrected chi connectivity index (χ4v) is 6.00. The number of alkyl carbamates (subject to hydrolysis) is 2. The molecule has 0 saturated heterocycles. The zero-order chi connectivity index (χ0) is 35.8. The van der Waals surface area contributed by atoms with Gasteiger partial charge in [0, 0.05) is 11.5 Å². The maximum absolute atomic E-state index is 13.1. The topological polar surface area (TPSA) is 187 Å². The van der Waals surface area contributed by atoms with Crippen LogP contribution in [0.5, 0.6) is 0 Å². The Kier molecular flexibility index (Phi) is 19.1. The van der Waals surface area contributed by atoms with E-state index in [4.69, 9.17) is 18.9 Å². The molecule has 0 radical (unpaired) electrons. The van der Waals surface area contributed by atoms with Crippen LogP contribution in [-0.2, 0) is 38.1 Å². The quantitative estimate of drug-likeness (QED) is 0.0752. The van der Waals surface area contributed by atoms with E-state index in [1.807, 2.05) is 27.7 Å². The predicted octanol–water partition coefficient (Wildman–Crippen LogP) is 3.56. The maximum Gasteiger partial charge on any atom is 0.408 e. The lowest BCUT2D eigenvalue weighted by molar-refractivity contribution is -0.145. The van der Waals surface area contributed by atoms with Gasteiger partial charge in [-0.25, -0.2) is 19.2 Å². The highest BCUT2D eigenvalue weighted by molar-refractivity contribution is 8.76. The van der Waals surface area contributed by atoms with Crippen LogP contribution < -0.4 is 21.3 Å². The van der Waals surface area contributed by atoms with Crippen molar-refractivity contribution in [2.75, 3.05) is 25.7 Å². The van der Waals surface area contributed by atoms with Crippen molar-refractivity contribution in [3.63, 3.8) is 0 Å². The van der Waals surface area contributed by atoms with Gasteiger partial charge in [0.25, 0.3) is 0 Å². The Morgan fingerprint density at radius 1 is 0.543 bits per heavy atom. The van der Waals surface area contributed by atoms with Gasteiger partial charge in [0.05, 0.1) is 14.2 Å². The van der Waals surface area contributed by atoms with Gasteiger partial charge in [0.2, 0.25) is 11.8 Å². The van der Waals surface area contributed by atoms with E-state index in [-0.39, 0.29) is 23.3 Å². The second kappa shape index (κ2) is 20.4. The number of amides is 4. The third kappa shape index (κ3) is 19.6. The van der Waals surface area contributed by atoms with Gasteiger partial charge in [-0.1, -0.05) is 49.3 Å². The minimum absolute atomic E-state index is 0.0390. The molecule has 0 aromatic carbocycles. The molecule has 4 amide bonds. The van der Waals surface area contributed by atoms with Gasteiger partial charge in [-0.3, -0.25) is 9.59 Å². The first-order valence-electron chi connectivity index (χ1n) is 15.1. The summed E-state index contributed by atoms with van der Waals surface area (Å²) in [6, 6.07) is -4.09. The molecule has 0 saturated carbocycles. The number of esters is 2. The lowest BCUT2D eigenvalue weighted by Crippen LogP contribution is -2.53. The van der Waals surface area contributed by atoms with Gasteiger partial charge in [-0.2, -0.15) is 0 Å². The van der Waals surface area contributed by atoms with Crippen molar-refractivity contribution >= 4 is 57.5 Å². The molecule has 4 N–H and O–H groups in total. The van der Waals surface area contributed by atoms with Gasteiger partial charge in [0.15, 0.2) is 0 Å². The van der Waals surface area contributed by atoms with Crippen molar-refractivity contribution in [2.24, 2.45) is 11.8 Å². The van der Waals surface area contributed by atoms with E-state index in [2.05, 4.69) is 21.3 Å². The first-order valence-corrected chi connectivity index (χ1v) is 17.6. The fourth-order valence-electron chi connectivity index (χ4n) is 3.70. The molecule has 0 aliphatic rings. The molecule has 14 nitrogen and oxygen atoms in total. The molecule has 0 aliphatic heterocycles. The summed E-state index contributed by atoms with van der Waals surface area (Å²) in [5.74, 6) is -2.42. The highest BCUT2D eigenvalue weighted by Crippen LogP contribution is 2.24. The van der Waals surface area contributed by atoms with E-state index < -0.39 is 71.3 Å². The van der Waals surface area contributed by atoms with Crippen molar-refractivity contribution < 1.29 is 47.7 Å². The predicted molar refractivity (Wildman–Crippen MR) is 178 cm³/mol. The van der Waals surface area contributed by atoms with Crippen LogP contribution in [0.2, 0.25) is 0 Å². The number of hydrogen-bond donors (Lipinski definition) is 4. The molecule has 0 heterocycles. The lowest BCUT2D eigenvalue weighted by atomic mass is 10.0. The smallest absolute Gasteiger partial charge is 0.408 e. The molecule has 4 atom stereocenters. The Balaban J connectivity index is 5.48. The molecule has 0 aliphatic carbocycles. The van der Waals surface area contributed by atoms with E-state index in [1.54, 1.807) is 41.5 Å². The molecule has 0 spiro atoms. The van der Waals surface area contributed by atoms with Gasteiger partial charge in [0.1, 0.15) is 35.4 Å². The van der Waals surface area contributed by atoms with Crippen molar-refractivity contribution in [1.82, 2.24) is 21.3 Å². The maximum atomic E-state index is 13.1. The van der Waals surface area contributed by atoms with Crippen LogP contribution in [0.3, 0.4) is 0 Å². The van der Waals surface area contributed by atoms with Gasteiger partial charge in [-0.05, 0) is 66.2 Å². The van der Waals surface area contributed by atoms with E-state index >= 15 is 0 Å². The third-order valence-electron chi connectivity index (χ3n) is 5.59. The Morgan fingerprint density at radius 2 is 0.848 bits per heavy atom. The van der Waals surface area contributed by atoms with Crippen LogP contribution in [0.1, 0.15) is 82.1 Å². The molecule has 16 heteroatoms. The summed E-state index contributed by atoms with van der Waals surface area (Å²) in [5.41, 5.74) is -1.53. The van der Waals surface area contributed by atoms with Crippen molar-refractivity contribution in [1.29, 1.82) is 0 Å². The summed E-state index contributed by atoms with van der Waals surface area (Å²) < 4.78 is 20.3. The fraction of sp³-hybridized carbons (Fsp3) is 0.800. The first-order chi connectivity index (χ1) is 21.1. The molecule has 0 aromatic rings. The molecular formula is C30H54N4O10S2. The van der Waals surface area contributed by atoms with Gasteiger partial charge < -0.3 is 40.2 Å². The van der Waals surface area contributed by atoms with Crippen molar-refractivity contribution in [2.45, 2.75) is 117 Å². The summed E-state index contributed by atoms with van der Waals surface area (Å²) in [4.78, 5) is 76.0. The number of methoxy groups -OCH3 is 2. The Hall–Kier alpha value is -2.88. The SMILES string of the molecule is COC(=O)[C@H](CSSC[C@H](NC(=O)[C@@H](CC(C)C)NC(=O)OC(C)(C)C)C(=O)OC)NC(=O)[C@@H](CC(C)C)NC(=O)OC(C)(C)C. The van der Waals surface area contributed by atoms with Gasteiger partial charge >= 0.3 is 24.1 Å². The normalized spacial score (nSPS) is 14.3. The van der Waals surface area contributed by atoms with Crippen LogP contribution in [0.15, 0.2) is 0 Å². The second-order valence-electron chi connectivity index (χ2n) is 13.4. The third-order valence-corrected chi connectivity index (χ3v) is 8.01. The minimum atomic E-state index is -1.08. The molecule has 0 fully saturated rings. The Labute approximate surface area is 281 Å². The van der Waals surface area contributed by atoms with E-state index in [9.17, 15) is 28.8 Å². The average Bonchev–Trinajstić information content (AvgIpc) is 2.89. The van der Waals surface area contributed by atoms with Crippen molar-refractivity contribution in [3.05, 3.63) is 0 Å². The largest absolute Gasteiger partial charge is 0.467 e. The Bertz CT molecular complexity index is 948. The standard InChI is InChI=1S/C30H54N4O10S2/c1-17(2)13-19(33-27(39)43-29(5,6)7)23(35)31-21(25(37)41-11)15-45-46-16-22(26(38)42-12)32-24(36)20(14-18(3)4)34-28(40)44-30(8,9)10/h17-22H,13-16H2,1-12H3,(H,31,35)(H,32,36)(H,33,39)(H,34,40)/t19-,20-,21+,22+/m1/s1.